The van der Waals surface area contributed by atoms with Gasteiger partial charge < -0.3 is 0 Å². The van der Waals surface area contributed by atoms with E-state index in [9.17, 15) is 4.79 Å². The summed E-state index contributed by atoms with van der Waals surface area (Å²) in [4.78, 5) is 14.0. The van der Waals surface area contributed by atoms with Crippen molar-refractivity contribution in [1.29, 1.82) is 0 Å². The number of nitrogens with zero attached hydrogens (tertiary/aromatic N) is 2. The summed E-state index contributed by atoms with van der Waals surface area (Å²) in [6.07, 6.45) is 1.37. The molecule has 0 saturated carbocycles. The number of benzene rings is 1. The van der Waals surface area contributed by atoms with Crippen molar-refractivity contribution in [2.45, 2.75) is 0 Å². The standard InChI is InChI=1S/C9H5Cl2N3OS/c10-5-1-6(11)3-7(2-5)14-9(15)13-8(16)4-12-14/h1-4H,(H,13,15,16). The summed E-state index contributed by atoms with van der Waals surface area (Å²) in [6, 6.07) is 4.74. The van der Waals surface area contributed by atoms with Gasteiger partial charge in [0.2, 0.25) is 0 Å². The molecule has 2 aromatic rings. The van der Waals surface area contributed by atoms with E-state index in [4.69, 9.17) is 35.4 Å². The molecule has 0 fully saturated rings. The topological polar surface area (TPSA) is 50.7 Å². The van der Waals surface area contributed by atoms with Crippen molar-refractivity contribution in [1.82, 2.24) is 14.8 Å². The molecule has 2 rings (SSSR count). The number of H-pyrrole nitrogens is 1. The van der Waals surface area contributed by atoms with Crippen LogP contribution in [0.3, 0.4) is 0 Å². The summed E-state index contributed by atoms with van der Waals surface area (Å²) in [7, 11) is 0. The number of rotatable bonds is 1. The lowest BCUT2D eigenvalue weighted by molar-refractivity contribution is 0.757. The molecule has 0 amide bonds. The highest BCUT2D eigenvalue weighted by Gasteiger charge is 2.03. The van der Waals surface area contributed by atoms with E-state index >= 15 is 0 Å². The van der Waals surface area contributed by atoms with Crippen molar-refractivity contribution < 1.29 is 0 Å². The van der Waals surface area contributed by atoms with Crippen LogP contribution in [-0.4, -0.2) is 14.8 Å². The maximum absolute atomic E-state index is 11.6. The van der Waals surface area contributed by atoms with E-state index < -0.39 is 5.69 Å². The molecule has 0 aliphatic carbocycles. The Bertz CT molecular complexity index is 629. The molecule has 1 aromatic carbocycles. The largest absolute Gasteiger partial charge is 0.347 e. The predicted molar refractivity (Wildman–Crippen MR) is 65.0 cm³/mol. The van der Waals surface area contributed by atoms with Gasteiger partial charge in [0, 0.05) is 10.0 Å². The fourth-order valence-corrected chi connectivity index (χ4v) is 1.85. The number of aromatic nitrogens is 3. The van der Waals surface area contributed by atoms with Gasteiger partial charge in [0.05, 0.1) is 11.9 Å². The molecule has 1 N–H and O–H groups in total. The lowest BCUT2D eigenvalue weighted by Crippen LogP contribution is -2.23. The highest BCUT2D eigenvalue weighted by molar-refractivity contribution is 7.71. The molecule has 82 valence electrons. The number of aromatic amines is 1. The van der Waals surface area contributed by atoms with Crippen molar-refractivity contribution in [3.05, 3.63) is 49.6 Å². The fraction of sp³-hybridized carbons (Fsp3) is 0. The Morgan fingerprint density at radius 2 is 1.88 bits per heavy atom. The average molecular weight is 274 g/mol. The maximum atomic E-state index is 11.6. The first-order chi connectivity index (χ1) is 7.56. The third kappa shape index (κ3) is 2.32. The molecule has 0 radical (unpaired) electrons. The van der Waals surface area contributed by atoms with Gasteiger partial charge in [0.1, 0.15) is 4.64 Å². The van der Waals surface area contributed by atoms with Crippen LogP contribution in [0, 0.1) is 4.64 Å². The maximum Gasteiger partial charge on any atom is 0.347 e. The average Bonchev–Trinajstić information content (AvgIpc) is 2.15. The first kappa shape index (κ1) is 11.3. The highest BCUT2D eigenvalue weighted by atomic mass is 35.5. The summed E-state index contributed by atoms with van der Waals surface area (Å²) in [5.41, 5.74) is 0.0413. The van der Waals surface area contributed by atoms with Crippen molar-refractivity contribution in [3.8, 4) is 5.69 Å². The number of hydrogen-bond acceptors (Lipinski definition) is 3. The van der Waals surface area contributed by atoms with Gasteiger partial charge in [-0.05, 0) is 18.2 Å². The lowest BCUT2D eigenvalue weighted by Gasteiger charge is -2.04. The van der Waals surface area contributed by atoms with Gasteiger partial charge in [0.25, 0.3) is 0 Å². The monoisotopic (exact) mass is 273 g/mol. The zero-order valence-electron chi connectivity index (χ0n) is 7.78. The molecule has 0 atom stereocenters. The van der Waals surface area contributed by atoms with Gasteiger partial charge >= 0.3 is 5.69 Å². The van der Waals surface area contributed by atoms with Crippen molar-refractivity contribution >= 4 is 35.4 Å². The van der Waals surface area contributed by atoms with E-state index in [1.54, 1.807) is 18.2 Å². The van der Waals surface area contributed by atoms with Crippen LogP contribution in [0.15, 0.2) is 29.2 Å². The zero-order valence-corrected chi connectivity index (χ0v) is 10.1. The Hall–Kier alpha value is -1.17. The van der Waals surface area contributed by atoms with Crippen LogP contribution < -0.4 is 5.69 Å². The third-order valence-electron chi connectivity index (χ3n) is 1.80. The van der Waals surface area contributed by atoms with E-state index in [1.807, 2.05) is 0 Å². The normalized spacial score (nSPS) is 10.4. The molecule has 0 unspecified atom stereocenters. The summed E-state index contributed by atoms with van der Waals surface area (Å²) >= 11 is 16.4. The van der Waals surface area contributed by atoms with Gasteiger partial charge in [-0.25, -0.2) is 4.79 Å². The summed E-state index contributed by atoms with van der Waals surface area (Å²) in [5.74, 6) is 0. The Balaban J connectivity index is 2.67. The summed E-state index contributed by atoms with van der Waals surface area (Å²) in [5, 5.41) is 4.74. The first-order valence-electron chi connectivity index (χ1n) is 4.21. The van der Waals surface area contributed by atoms with Gasteiger partial charge in [0.15, 0.2) is 0 Å². The Kier molecular flexibility index (Phi) is 3.09. The van der Waals surface area contributed by atoms with Gasteiger partial charge in [-0.1, -0.05) is 35.4 Å². The van der Waals surface area contributed by atoms with Crippen LogP contribution >= 0.6 is 35.4 Å². The minimum atomic E-state index is -0.439. The van der Waals surface area contributed by atoms with Crippen LogP contribution in [0.2, 0.25) is 10.0 Å². The van der Waals surface area contributed by atoms with Crippen LogP contribution in [0.1, 0.15) is 0 Å². The Morgan fingerprint density at radius 3 is 2.44 bits per heavy atom. The van der Waals surface area contributed by atoms with Crippen LogP contribution in [0.5, 0.6) is 0 Å². The third-order valence-corrected chi connectivity index (χ3v) is 2.45. The number of hydrogen-bond donors (Lipinski definition) is 1. The Labute approximate surface area is 105 Å². The van der Waals surface area contributed by atoms with E-state index in [-0.39, 0.29) is 4.64 Å². The van der Waals surface area contributed by atoms with Crippen molar-refractivity contribution in [2.24, 2.45) is 0 Å². The van der Waals surface area contributed by atoms with Crippen LogP contribution in [0.4, 0.5) is 0 Å². The lowest BCUT2D eigenvalue weighted by atomic mass is 10.3. The van der Waals surface area contributed by atoms with Crippen LogP contribution in [0.25, 0.3) is 5.69 Å². The van der Waals surface area contributed by atoms with E-state index in [0.29, 0.717) is 15.7 Å². The van der Waals surface area contributed by atoms with Crippen LogP contribution in [-0.2, 0) is 0 Å². The molecule has 1 heterocycles. The highest BCUT2D eigenvalue weighted by Crippen LogP contribution is 2.20. The minimum absolute atomic E-state index is 0.273. The molecule has 0 spiro atoms. The van der Waals surface area contributed by atoms with Crippen molar-refractivity contribution in [2.75, 3.05) is 0 Å². The SMILES string of the molecule is O=c1[nH]c(=S)cnn1-c1cc(Cl)cc(Cl)c1. The van der Waals surface area contributed by atoms with Gasteiger partial charge in [-0.15, -0.1) is 0 Å². The molecule has 7 heteroatoms. The second-order valence-corrected chi connectivity index (χ2v) is 4.29. The first-order valence-corrected chi connectivity index (χ1v) is 5.38. The predicted octanol–water partition coefficient (Wildman–Crippen LogP) is 2.60. The summed E-state index contributed by atoms with van der Waals surface area (Å²) in [6.45, 7) is 0. The van der Waals surface area contributed by atoms with E-state index in [1.165, 1.54) is 6.20 Å². The Morgan fingerprint density at radius 1 is 1.25 bits per heavy atom. The molecule has 16 heavy (non-hydrogen) atoms. The van der Waals surface area contributed by atoms with E-state index in [0.717, 1.165) is 4.68 Å². The second kappa shape index (κ2) is 4.37. The van der Waals surface area contributed by atoms with Gasteiger partial charge in [-0.2, -0.15) is 9.78 Å². The molecule has 4 nitrogen and oxygen atoms in total. The fourth-order valence-electron chi connectivity index (χ4n) is 1.20. The zero-order chi connectivity index (χ0) is 11.7. The summed E-state index contributed by atoms with van der Waals surface area (Å²) < 4.78 is 1.41. The van der Waals surface area contributed by atoms with Gasteiger partial charge in [-0.3, -0.25) is 4.98 Å². The quantitative estimate of drug-likeness (QED) is 0.813. The second-order valence-electron chi connectivity index (χ2n) is 2.98. The molecular formula is C9H5Cl2N3OS. The molecule has 0 aliphatic heterocycles. The molecule has 1 aromatic heterocycles. The van der Waals surface area contributed by atoms with Crippen molar-refractivity contribution in [3.63, 3.8) is 0 Å². The molecular weight excluding hydrogens is 269 g/mol. The number of nitrogens with one attached hydrogen (secondary N) is 1. The minimum Gasteiger partial charge on any atom is -0.295 e. The number of halogens is 2. The van der Waals surface area contributed by atoms with E-state index in [2.05, 4.69) is 10.1 Å². The molecule has 0 aliphatic rings. The smallest absolute Gasteiger partial charge is 0.295 e. The molecule has 0 bridgehead atoms. The molecule has 0 saturated heterocycles.